The summed E-state index contributed by atoms with van der Waals surface area (Å²) in [6.07, 6.45) is 11.2. The summed E-state index contributed by atoms with van der Waals surface area (Å²) < 4.78 is 0. The molecule has 0 atom stereocenters. The van der Waals surface area contributed by atoms with E-state index in [1.165, 1.54) is 76.6 Å². The normalized spacial score (nSPS) is 22.3. The lowest BCUT2D eigenvalue weighted by atomic mass is 9.92. The molecule has 0 bridgehead atoms. The van der Waals surface area contributed by atoms with E-state index in [1.54, 1.807) is 0 Å². The van der Waals surface area contributed by atoms with Crippen molar-refractivity contribution in [3.63, 3.8) is 0 Å². The topological polar surface area (TPSA) is 6.48 Å². The number of nitrogens with zero attached hydrogens (tertiary/aromatic N) is 2. The molecule has 3 rings (SSSR count). The van der Waals surface area contributed by atoms with E-state index in [0.717, 1.165) is 12.1 Å². The lowest BCUT2D eigenvalue weighted by molar-refractivity contribution is 0.0805. The predicted octanol–water partition coefficient (Wildman–Crippen LogP) is 3.96. The Kier molecular flexibility index (Phi) is 5.91. The van der Waals surface area contributed by atoms with E-state index in [9.17, 15) is 0 Å². The first-order valence-corrected chi connectivity index (χ1v) is 9.31. The quantitative estimate of drug-likeness (QED) is 0.812. The molecule has 0 aromatic heterocycles. The van der Waals surface area contributed by atoms with Crippen molar-refractivity contribution in [3.05, 3.63) is 35.9 Å². The summed E-state index contributed by atoms with van der Waals surface area (Å²) in [5, 5.41) is 0. The van der Waals surface area contributed by atoms with Crippen LogP contribution in [0.1, 0.15) is 50.5 Å². The van der Waals surface area contributed by atoms with E-state index in [1.807, 2.05) is 0 Å². The van der Waals surface area contributed by atoms with Crippen LogP contribution in [0.2, 0.25) is 0 Å². The molecule has 2 heteroatoms. The number of hydrogen-bond donors (Lipinski definition) is 0. The van der Waals surface area contributed by atoms with Crippen LogP contribution in [0, 0.1) is 0 Å². The van der Waals surface area contributed by atoms with Crippen LogP contribution in [-0.2, 0) is 6.42 Å². The molecule has 0 N–H and O–H groups in total. The van der Waals surface area contributed by atoms with Gasteiger partial charge in [-0.05, 0) is 57.8 Å². The summed E-state index contributed by atoms with van der Waals surface area (Å²) in [4.78, 5) is 5.39. The first-order valence-electron chi connectivity index (χ1n) is 9.31. The predicted molar refractivity (Wildman–Crippen MR) is 94.2 cm³/mol. The summed E-state index contributed by atoms with van der Waals surface area (Å²) in [6, 6.07) is 12.6. The van der Waals surface area contributed by atoms with Gasteiger partial charge in [0.2, 0.25) is 0 Å². The highest BCUT2D eigenvalue weighted by atomic mass is 15.2. The number of hydrogen-bond acceptors (Lipinski definition) is 2. The summed E-state index contributed by atoms with van der Waals surface area (Å²) in [6.45, 7) is 3.80. The molecular formula is C20H32N2. The second-order valence-electron chi connectivity index (χ2n) is 7.27. The van der Waals surface area contributed by atoms with Gasteiger partial charge < -0.3 is 9.80 Å². The molecule has 1 saturated heterocycles. The Bertz CT molecular complexity index is 417. The lowest BCUT2D eigenvalue weighted by Crippen LogP contribution is -2.48. The molecule has 2 fully saturated rings. The second-order valence-corrected chi connectivity index (χ2v) is 7.27. The van der Waals surface area contributed by atoms with Crippen LogP contribution in [0.4, 0.5) is 0 Å². The molecule has 2 aliphatic rings. The highest BCUT2D eigenvalue weighted by Crippen LogP contribution is 2.26. The Morgan fingerprint density at radius 1 is 0.909 bits per heavy atom. The van der Waals surface area contributed by atoms with Gasteiger partial charge in [-0.2, -0.15) is 0 Å². The summed E-state index contributed by atoms with van der Waals surface area (Å²) in [5.41, 5.74) is 1.48. The van der Waals surface area contributed by atoms with E-state index in [4.69, 9.17) is 0 Å². The molecule has 1 heterocycles. The molecule has 1 aromatic rings. The molecule has 1 saturated carbocycles. The van der Waals surface area contributed by atoms with Crippen molar-refractivity contribution in [2.24, 2.45) is 0 Å². The zero-order valence-corrected chi connectivity index (χ0v) is 14.2. The van der Waals surface area contributed by atoms with Crippen LogP contribution >= 0.6 is 0 Å². The maximum absolute atomic E-state index is 2.73. The van der Waals surface area contributed by atoms with Crippen LogP contribution in [0.5, 0.6) is 0 Å². The van der Waals surface area contributed by atoms with Crippen LogP contribution in [-0.4, -0.2) is 48.6 Å². The zero-order chi connectivity index (χ0) is 15.2. The average Bonchev–Trinajstić information content (AvgIpc) is 2.61. The molecule has 0 amide bonds. The molecule has 1 aliphatic carbocycles. The first-order chi connectivity index (χ1) is 10.8. The van der Waals surface area contributed by atoms with Gasteiger partial charge in [0.25, 0.3) is 0 Å². The minimum absolute atomic E-state index is 0.830. The van der Waals surface area contributed by atoms with Gasteiger partial charge in [0, 0.05) is 18.6 Å². The standard InChI is InChI=1S/C20H32N2/c1-21(19-10-6-3-7-11-19)20-13-16-22(17-14-20)15-12-18-8-4-2-5-9-18/h2,4-5,8-9,19-20H,3,6-7,10-17H2,1H3. The molecule has 22 heavy (non-hydrogen) atoms. The van der Waals surface area contributed by atoms with Crippen LogP contribution < -0.4 is 0 Å². The summed E-state index contributed by atoms with van der Waals surface area (Å²) in [5.74, 6) is 0. The smallest absolute Gasteiger partial charge is 0.0119 e. The molecule has 1 aliphatic heterocycles. The Balaban J connectivity index is 1.40. The van der Waals surface area contributed by atoms with Gasteiger partial charge in [-0.15, -0.1) is 0 Å². The van der Waals surface area contributed by atoms with E-state index >= 15 is 0 Å². The van der Waals surface area contributed by atoms with Crippen molar-refractivity contribution >= 4 is 0 Å². The van der Waals surface area contributed by atoms with E-state index in [-0.39, 0.29) is 0 Å². The molecule has 0 spiro atoms. The first kappa shape index (κ1) is 16.0. The van der Waals surface area contributed by atoms with Gasteiger partial charge >= 0.3 is 0 Å². The third-order valence-corrected chi connectivity index (χ3v) is 5.84. The highest BCUT2D eigenvalue weighted by Gasteiger charge is 2.27. The Morgan fingerprint density at radius 2 is 1.55 bits per heavy atom. The van der Waals surface area contributed by atoms with Crippen LogP contribution in [0.25, 0.3) is 0 Å². The van der Waals surface area contributed by atoms with E-state index < -0.39 is 0 Å². The minimum Gasteiger partial charge on any atom is -0.303 e. The molecule has 1 aromatic carbocycles. The van der Waals surface area contributed by atoms with Crippen LogP contribution in [0.3, 0.4) is 0 Å². The fourth-order valence-electron chi connectivity index (χ4n) is 4.27. The van der Waals surface area contributed by atoms with E-state index in [2.05, 4.69) is 47.2 Å². The summed E-state index contributed by atoms with van der Waals surface area (Å²) in [7, 11) is 2.39. The monoisotopic (exact) mass is 300 g/mol. The molecule has 0 radical (unpaired) electrons. The van der Waals surface area contributed by atoms with Gasteiger partial charge in [-0.25, -0.2) is 0 Å². The molecule has 0 unspecified atom stereocenters. The average molecular weight is 300 g/mol. The fourth-order valence-corrected chi connectivity index (χ4v) is 4.27. The largest absolute Gasteiger partial charge is 0.303 e. The molecular weight excluding hydrogens is 268 g/mol. The van der Waals surface area contributed by atoms with Gasteiger partial charge in [-0.3, -0.25) is 0 Å². The summed E-state index contributed by atoms with van der Waals surface area (Å²) >= 11 is 0. The van der Waals surface area contributed by atoms with Crippen molar-refractivity contribution in [3.8, 4) is 0 Å². The Hall–Kier alpha value is -0.860. The Morgan fingerprint density at radius 3 is 2.23 bits per heavy atom. The molecule has 2 nitrogen and oxygen atoms in total. The maximum atomic E-state index is 2.73. The van der Waals surface area contributed by atoms with Crippen molar-refractivity contribution in [1.82, 2.24) is 9.80 Å². The van der Waals surface area contributed by atoms with Crippen molar-refractivity contribution in [2.45, 2.75) is 63.5 Å². The highest BCUT2D eigenvalue weighted by molar-refractivity contribution is 5.14. The minimum atomic E-state index is 0.830. The van der Waals surface area contributed by atoms with Gasteiger partial charge in [0.1, 0.15) is 0 Å². The molecule has 122 valence electrons. The lowest BCUT2D eigenvalue weighted by Gasteiger charge is -2.41. The van der Waals surface area contributed by atoms with Crippen molar-refractivity contribution in [2.75, 3.05) is 26.7 Å². The fraction of sp³-hybridized carbons (Fsp3) is 0.700. The zero-order valence-electron chi connectivity index (χ0n) is 14.2. The maximum Gasteiger partial charge on any atom is 0.0119 e. The van der Waals surface area contributed by atoms with Crippen molar-refractivity contribution < 1.29 is 0 Å². The third-order valence-electron chi connectivity index (χ3n) is 5.84. The number of rotatable bonds is 5. The van der Waals surface area contributed by atoms with Gasteiger partial charge in [0.15, 0.2) is 0 Å². The van der Waals surface area contributed by atoms with E-state index in [0.29, 0.717) is 0 Å². The van der Waals surface area contributed by atoms with Crippen molar-refractivity contribution in [1.29, 1.82) is 0 Å². The third kappa shape index (κ3) is 4.33. The van der Waals surface area contributed by atoms with Gasteiger partial charge in [-0.1, -0.05) is 49.6 Å². The second kappa shape index (κ2) is 8.12. The number of likely N-dealkylation sites (tertiary alicyclic amines) is 1. The SMILES string of the molecule is CN(C1CCCCC1)C1CCN(CCc2ccccc2)CC1. The number of benzene rings is 1. The van der Waals surface area contributed by atoms with Crippen LogP contribution in [0.15, 0.2) is 30.3 Å². The Labute approximate surface area is 136 Å². The van der Waals surface area contributed by atoms with Gasteiger partial charge in [0.05, 0.1) is 0 Å². The number of piperidine rings is 1.